The molecule has 1 fully saturated rings. The zero-order chi connectivity index (χ0) is 25.2. The first kappa shape index (κ1) is 25.1. The Kier molecular flexibility index (Phi) is 7.39. The standard InChI is InChI=1S/C25H32BrN5O4/c1-25(2,3)35-24(32)30-12-6-7-17(15-30)31-19-10-11-27-23(21(19)22(26)29-31)28-14-16-8-9-18(33-4)13-20(16)34-5/h8-11,13,17H,6-7,12,14-15H2,1-5H3,(H,27,28)/t17-/m1/s1. The van der Waals surface area contributed by atoms with Gasteiger partial charge < -0.3 is 24.4 Å². The van der Waals surface area contributed by atoms with Gasteiger partial charge in [-0.15, -0.1) is 0 Å². The molecule has 1 atom stereocenters. The fraction of sp³-hybridized carbons (Fsp3) is 0.480. The van der Waals surface area contributed by atoms with Crippen molar-refractivity contribution in [2.24, 2.45) is 0 Å². The highest BCUT2D eigenvalue weighted by molar-refractivity contribution is 9.10. The van der Waals surface area contributed by atoms with Gasteiger partial charge in [-0.3, -0.25) is 4.68 Å². The van der Waals surface area contributed by atoms with Gasteiger partial charge in [-0.1, -0.05) is 0 Å². The molecule has 4 rings (SSSR count). The molecule has 1 saturated heterocycles. The number of anilines is 1. The van der Waals surface area contributed by atoms with Crippen molar-refractivity contribution in [3.05, 3.63) is 40.6 Å². The third-order valence-electron chi connectivity index (χ3n) is 5.91. The molecule has 3 aromatic rings. The number of fused-ring (bicyclic) bond motifs is 1. The van der Waals surface area contributed by atoms with Crippen LogP contribution in [0.5, 0.6) is 11.5 Å². The first-order valence-corrected chi connectivity index (χ1v) is 12.4. The predicted octanol–water partition coefficient (Wildman–Crippen LogP) is 5.40. The van der Waals surface area contributed by atoms with Crippen molar-refractivity contribution >= 4 is 38.7 Å². The van der Waals surface area contributed by atoms with Crippen LogP contribution in [-0.2, 0) is 11.3 Å². The van der Waals surface area contributed by atoms with Crippen molar-refractivity contribution in [3.8, 4) is 11.5 Å². The second-order valence-electron chi connectivity index (χ2n) is 9.54. The molecule has 188 valence electrons. The molecule has 0 spiro atoms. The topological polar surface area (TPSA) is 90.7 Å². The lowest BCUT2D eigenvalue weighted by Crippen LogP contribution is -2.43. The number of nitrogens with one attached hydrogen (secondary N) is 1. The number of likely N-dealkylation sites (tertiary alicyclic amines) is 1. The smallest absolute Gasteiger partial charge is 0.410 e. The van der Waals surface area contributed by atoms with E-state index in [1.807, 2.05) is 49.7 Å². The van der Waals surface area contributed by atoms with Crippen molar-refractivity contribution in [3.63, 3.8) is 0 Å². The summed E-state index contributed by atoms with van der Waals surface area (Å²) < 4.78 is 19.1. The molecule has 0 bridgehead atoms. The maximum absolute atomic E-state index is 12.7. The number of hydrogen-bond acceptors (Lipinski definition) is 7. The molecule has 1 amide bonds. The molecule has 0 radical (unpaired) electrons. The molecule has 1 aromatic carbocycles. The average molecular weight is 546 g/mol. The summed E-state index contributed by atoms with van der Waals surface area (Å²) in [6.45, 7) is 7.40. The van der Waals surface area contributed by atoms with Gasteiger partial charge in [0.1, 0.15) is 27.5 Å². The Bertz CT molecular complexity index is 1210. The van der Waals surface area contributed by atoms with Gasteiger partial charge in [0.05, 0.1) is 31.2 Å². The number of carbonyl (C=O) groups excluding carboxylic acids is 1. The maximum Gasteiger partial charge on any atom is 0.410 e. The van der Waals surface area contributed by atoms with Crippen LogP contribution in [0.25, 0.3) is 10.9 Å². The summed E-state index contributed by atoms with van der Waals surface area (Å²) in [6, 6.07) is 7.73. The number of pyridine rings is 1. The summed E-state index contributed by atoms with van der Waals surface area (Å²) in [5.74, 6) is 2.20. The van der Waals surface area contributed by atoms with Crippen molar-refractivity contribution in [2.75, 3.05) is 32.6 Å². The summed E-state index contributed by atoms with van der Waals surface area (Å²) in [5, 5.41) is 9.11. The number of nitrogens with zero attached hydrogens (tertiary/aromatic N) is 4. The number of benzene rings is 1. The van der Waals surface area contributed by atoms with Crippen molar-refractivity contribution < 1.29 is 19.0 Å². The predicted molar refractivity (Wildman–Crippen MR) is 138 cm³/mol. The molecular formula is C25H32BrN5O4. The van der Waals surface area contributed by atoms with E-state index >= 15 is 0 Å². The molecule has 3 heterocycles. The number of halogens is 1. The van der Waals surface area contributed by atoms with Crippen LogP contribution in [0.2, 0.25) is 0 Å². The summed E-state index contributed by atoms with van der Waals surface area (Å²) >= 11 is 3.63. The number of ether oxygens (including phenoxy) is 3. The molecule has 1 aliphatic heterocycles. The van der Waals surface area contributed by atoms with Crippen LogP contribution in [0, 0.1) is 0 Å². The van der Waals surface area contributed by atoms with Crippen LogP contribution >= 0.6 is 15.9 Å². The maximum atomic E-state index is 12.7. The van der Waals surface area contributed by atoms with Crippen molar-refractivity contribution in [2.45, 2.75) is 51.8 Å². The number of carbonyl (C=O) groups is 1. The van der Waals surface area contributed by atoms with Crippen LogP contribution in [0.4, 0.5) is 10.6 Å². The lowest BCUT2D eigenvalue weighted by atomic mass is 10.1. The second kappa shape index (κ2) is 10.3. The van der Waals surface area contributed by atoms with Gasteiger partial charge in [-0.25, -0.2) is 9.78 Å². The SMILES string of the molecule is COc1ccc(CNc2nccc3c2c(Br)nn3[C@@H]2CCCN(C(=O)OC(C)(C)C)C2)c(OC)c1. The second-order valence-corrected chi connectivity index (χ2v) is 10.3. The van der Waals surface area contributed by atoms with Crippen LogP contribution < -0.4 is 14.8 Å². The van der Waals surface area contributed by atoms with Gasteiger partial charge >= 0.3 is 6.09 Å². The Hall–Kier alpha value is -3.01. The van der Waals surface area contributed by atoms with Crippen molar-refractivity contribution in [1.29, 1.82) is 0 Å². The Morgan fingerprint density at radius 3 is 2.74 bits per heavy atom. The largest absolute Gasteiger partial charge is 0.497 e. The number of aromatic nitrogens is 3. The molecule has 35 heavy (non-hydrogen) atoms. The fourth-order valence-electron chi connectivity index (χ4n) is 4.28. The number of piperidine rings is 1. The molecule has 9 nitrogen and oxygen atoms in total. The minimum Gasteiger partial charge on any atom is -0.497 e. The van der Waals surface area contributed by atoms with E-state index in [9.17, 15) is 4.79 Å². The lowest BCUT2D eigenvalue weighted by molar-refractivity contribution is 0.0169. The zero-order valence-corrected chi connectivity index (χ0v) is 22.4. The van der Waals surface area contributed by atoms with Crippen LogP contribution in [0.15, 0.2) is 35.1 Å². The van der Waals surface area contributed by atoms with E-state index in [2.05, 4.69) is 26.2 Å². The highest BCUT2D eigenvalue weighted by Gasteiger charge is 2.30. The Balaban J connectivity index is 1.56. The normalized spacial score (nSPS) is 16.3. The third-order valence-corrected chi connectivity index (χ3v) is 6.47. The molecule has 1 aliphatic rings. The first-order chi connectivity index (χ1) is 16.7. The van der Waals surface area contributed by atoms with E-state index in [1.54, 1.807) is 25.3 Å². The quantitative estimate of drug-likeness (QED) is 0.443. The van der Waals surface area contributed by atoms with E-state index in [4.69, 9.17) is 19.3 Å². The average Bonchev–Trinajstić information content (AvgIpc) is 3.18. The first-order valence-electron chi connectivity index (χ1n) is 11.7. The lowest BCUT2D eigenvalue weighted by Gasteiger charge is -2.34. The molecule has 2 aromatic heterocycles. The highest BCUT2D eigenvalue weighted by atomic mass is 79.9. The zero-order valence-electron chi connectivity index (χ0n) is 20.8. The van der Waals surface area contributed by atoms with Gasteiger partial charge in [0.2, 0.25) is 0 Å². The summed E-state index contributed by atoms with van der Waals surface area (Å²) in [5.41, 5.74) is 1.41. The van der Waals surface area contributed by atoms with Gasteiger partial charge in [0.15, 0.2) is 0 Å². The monoisotopic (exact) mass is 545 g/mol. The fourth-order valence-corrected chi connectivity index (χ4v) is 4.84. The molecule has 0 saturated carbocycles. The van der Waals surface area contributed by atoms with E-state index in [-0.39, 0.29) is 12.1 Å². The van der Waals surface area contributed by atoms with Gasteiger partial charge in [-0.2, -0.15) is 5.10 Å². The van der Waals surface area contributed by atoms with Gasteiger partial charge in [0.25, 0.3) is 0 Å². The minimum absolute atomic E-state index is 0.0435. The highest BCUT2D eigenvalue weighted by Crippen LogP contribution is 2.34. The number of hydrogen-bond donors (Lipinski definition) is 1. The van der Waals surface area contributed by atoms with Gasteiger partial charge in [0, 0.05) is 37.5 Å². The summed E-state index contributed by atoms with van der Waals surface area (Å²) in [4.78, 5) is 19.0. The molecule has 0 unspecified atom stereocenters. The molecule has 0 aliphatic carbocycles. The van der Waals surface area contributed by atoms with E-state index in [1.165, 1.54) is 0 Å². The number of methoxy groups -OCH3 is 2. The molecule has 1 N–H and O–H groups in total. The van der Waals surface area contributed by atoms with Gasteiger partial charge in [-0.05, 0) is 67.7 Å². The number of rotatable bonds is 6. The summed E-state index contributed by atoms with van der Waals surface area (Å²) in [6.07, 6.45) is 3.30. The van der Waals surface area contributed by atoms with E-state index in [0.29, 0.717) is 24.2 Å². The Morgan fingerprint density at radius 1 is 1.23 bits per heavy atom. The van der Waals surface area contributed by atoms with Crippen LogP contribution in [-0.4, -0.2) is 58.7 Å². The number of amides is 1. The third kappa shape index (κ3) is 5.63. The molecule has 10 heteroatoms. The summed E-state index contributed by atoms with van der Waals surface area (Å²) in [7, 11) is 3.27. The van der Waals surface area contributed by atoms with Crippen molar-refractivity contribution in [1.82, 2.24) is 19.7 Å². The van der Waals surface area contributed by atoms with E-state index in [0.717, 1.165) is 46.6 Å². The Morgan fingerprint density at radius 2 is 2.03 bits per heavy atom. The minimum atomic E-state index is -0.524. The van der Waals surface area contributed by atoms with Crippen LogP contribution in [0.1, 0.15) is 45.2 Å². The Labute approximate surface area is 213 Å². The van der Waals surface area contributed by atoms with E-state index < -0.39 is 5.60 Å². The molecular weight excluding hydrogens is 514 g/mol. The van der Waals surface area contributed by atoms with Crippen LogP contribution in [0.3, 0.4) is 0 Å².